The summed E-state index contributed by atoms with van der Waals surface area (Å²) < 4.78 is 28.6. The van der Waals surface area contributed by atoms with Gasteiger partial charge in [-0.15, -0.1) is 0 Å². The summed E-state index contributed by atoms with van der Waals surface area (Å²) in [7, 11) is -3.88. The number of nitrogens with one attached hydrogen (secondary N) is 1. The molecule has 0 spiro atoms. The molecule has 3 rings (SSSR count). The average Bonchev–Trinajstić information content (AvgIpc) is 3.16. The third kappa shape index (κ3) is 4.98. The lowest BCUT2D eigenvalue weighted by Crippen LogP contribution is -2.27. The molecule has 0 atom stereocenters. The second-order valence-electron chi connectivity index (χ2n) is 5.96. The van der Waals surface area contributed by atoms with Gasteiger partial charge in [0.2, 0.25) is 10.0 Å². The predicted octanol–water partition coefficient (Wildman–Crippen LogP) is 2.45. The molecule has 0 aliphatic heterocycles. The quantitative estimate of drug-likeness (QED) is 0.531. The van der Waals surface area contributed by atoms with Crippen molar-refractivity contribution >= 4 is 28.0 Å². The van der Waals surface area contributed by atoms with Crippen LogP contribution in [0.25, 0.3) is 17.4 Å². The minimum absolute atomic E-state index is 0.0789. The maximum atomic E-state index is 12.2. The fraction of sp³-hybridized carbons (Fsp3) is 0. The third-order valence-corrected chi connectivity index (χ3v) is 4.79. The minimum atomic E-state index is -3.88. The number of nitrogens with two attached hydrogens (primary N) is 1. The molecular formula is C20H16N2O6S. The van der Waals surface area contributed by atoms with E-state index in [0.717, 1.165) is 6.08 Å². The number of carboxylic acid groups (broad SMARTS) is 1. The van der Waals surface area contributed by atoms with E-state index in [1.54, 1.807) is 42.5 Å². The van der Waals surface area contributed by atoms with Crippen LogP contribution in [0.15, 0.2) is 81.7 Å². The Morgan fingerprint density at radius 1 is 1.00 bits per heavy atom. The predicted molar refractivity (Wildman–Crippen MR) is 105 cm³/mol. The molecule has 0 fully saturated rings. The van der Waals surface area contributed by atoms with E-state index in [4.69, 9.17) is 9.56 Å². The summed E-state index contributed by atoms with van der Waals surface area (Å²) in [6, 6.07) is 17.0. The molecule has 0 saturated carbocycles. The van der Waals surface area contributed by atoms with Crippen LogP contribution in [-0.2, 0) is 14.8 Å². The molecule has 9 heteroatoms. The van der Waals surface area contributed by atoms with Crippen LogP contribution in [0, 0.1) is 0 Å². The minimum Gasteiger partial charge on any atom is -0.477 e. The molecule has 0 bridgehead atoms. The summed E-state index contributed by atoms with van der Waals surface area (Å²) in [5, 5.41) is 16.8. The zero-order valence-corrected chi connectivity index (χ0v) is 15.7. The number of carbonyl (C=O) groups is 2. The van der Waals surface area contributed by atoms with Crippen molar-refractivity contribution in [3.8, 4) is 11.3 Å². The number of amides is 1. The molecule has 2 aromatic carbocycles. The number of furan rings is 1. The molecule has 8 nitrogen and oxygen atoms in total. The molecular weight excluding hydrogens is 396 g/mol. The van der Waals surface area contributed by atoms with Gasteiger partial charge in [-0.25, -0.2) is 18.4 Å². The van der Waals surface area contributed by atoms with Crippen LogP contribution < -0.4 is 10.5 Å². The fourth-order valence-corrected chi connectivity index (χ4v) is 3.05. The normalized spacial score (nSPS) is 11.8. The van der Waals surface area contributed by atoms with E-state index in [-0.39, 0.29) is 16.4 Å². The molecule has 0 radical (unpaired) electrons. The van der Waals surface area contributed by atoms with E-state index in [2.05, 4.69) is 5.32 Å². The lowest BCUT2D eigenvalue weighted by molar-refractivity contribution is -0.132. The lowest BCUT2D eigenvalue weighted by atomic mass is 10.2. The highest BCUT2D eigenvalue weighted by atomic mass is 32.2. The number of rotatable bonds is 6. The maximum absolute atomic E-state index is 12.2. The van der Waals surface area contributed by atoms with E-state index in [1.807, 2.05) is 0 Å². The van der Waals surface area contributed by atoms with Crippen LogP contribution in [0.3, 0.4) is 0 Å². The van der Waals surface area contributed by atoms with Gasteiger partial charge in [0.15, 0.2) is 0 Å². The Balaban J connectivity index is 1.87. The first-order chi connectivity index (χ1) is 13.7. The zero-order valence-electron chi connectivity index (χ0n) is 14.9. The van der Waals surface area contributed by atoms with Crippen LogP contribution in [0.4, 0.5) is 0 Å². The Hall–Kier alpha value is -3.69. The van der Waals surface area contributed by atoms with Crippen molar-refractivity contribution < 1.29 is 27.5 Å². The zero-order chi connectivity index (χ0) is 21.0. The molecule has 29 heavy (non-hydrogen) atoms. The first-order valence-electron chi connectivity index (χ1n) is 8.28. The summed E-state index contributed by atoms with van der Waals surface area (Å²) in [6.07, 6.45) is 1.16. The van der Waals surface area contributed by atoms with Crippen LogP contribution >= 0.6 is 0 Å². The van der Waals surface area contributed by atoms with E-state index in [9.17, 15) is 23.1 Å². The van der Waals surface area contributed by atoms with Crippen LogP contribution in [0.2, 0.25) is 0 Å². The molecule has 1 aromatic heterocycles. The summed E-state index contributed by atoms with van der Waals surface area (Å²) in [6.45, 7) is 0. The van der Waals surface area contributed by atoms with Gasteiger partial charge in [0.05, 0.1) is 4.90 Å². The largest absolute Gasteiger partial charge is 0.477 e. The van der Waals surface area contributed by atoms with Crippen molar-refractivity contribution in [2.75, 3.05) is 0 Å². The SMILES string of the molecule is NS(=O)(=O)c1cccc(-c2ccc(C=C(NC(=O)c3ccccc3)C(=O)O)o2)c1. The Labute approximate surface area is 166 Å². The monoisotopic (exact) mass is 412 g/mol. The maximum Gasteiger partial charge on any atom is 0.352 e. The highest BCUT2D eigenvalue weighted by Gasteiger charge is 2.15. The first kappa shape index (κ1) is 20.1. The van der Waals surface area contributed by atoms with Gasteiger partial charge in [-0.05, 0) is 36.4 Å². The molecule has 0 unspecified atom stereocenters. The summed E-state index contributed by atoms with van der Waals surface area (Å²) in [5.74, 6) is -1.46. The number of aliphatic carboxylic acids is 1. The highest BCUT2D eigenvalue weighted by molar-refractivity contribution is 7.89. The number of carboxylic acids is 1. The van der Waals surface area contributed by atoms with Gasteiger partial charge >= 0.3 is 5.97 Å². The fourth-order valence-electron chi connectivity index (χ4n) is 2.49. The van der Waals surface area contributed by atoms with Crippen molar-refractivity contribution in [3.63, 3.8) is 0 Å². The molecule has 0 saturated heterocycles. The van der Waals surface area contributed by atoms with Crippen LogP contribution in [0.1, 0.15) is 16.1 Å². The van der Waals surface area contributed by atoms with Crippen molar-refractivity contribution in [1.82, 2.24) is 5.32 Å². The topological polar surface area (TPSA) is 140 Å². The Kier molecular flexibility index (Phi) is 5.62. The summed E-state index contributed by atoms with van der Waals surface area (Å²) >= 11 is 0. The Bertz CT molecular complexity index is 1200. The van der Waals surface area contributed by atoms with Crippen molar-refractivity contribution in [3.05, 3.63) is 83.8 Å². The van der Waals surface area contributed by atoms with Gasteiger partial charge in [0, 0.05) is 17.2 Å². The van der Waals surface area contributed by atoms with Crippen molar-refractivity contribution in [1.29, 1.82) is 0 Å². The first-order valence-corrected chi connectivity index (χ1v) is 9.83. The summed E-state index contributed by atoms with van der Waals surface area (Å²) in [5.41, 5.74) is 0.374. The smallest absolute Gasteiger partial charge is 0.352 e. The summed E-state index contributed by atoms with van der Waals surface area (Å²) in [4.78, 5) is 23.6. The lowest BCUT2D eigenvalue weighted by Gasteiger charge is -2.05. The Morgan fingerprint density at radius 3 is 2.38 bits per heavy atom. The van der Waals surface area contributed by atoms with E-state index < -0.39 is 21.9 Å². The molecule has 1 heterocycles. The average molecular weight is 412 g/mol. The van der Waals surface area contributed by atoms with Crippen LogP contribution in [0.5, 0.6) is 0 Å². The van der Waals surface area contributed by atoms with Gasteiger partial charge in [-0.2, -0.15) is 0 Å². The van der Waals surface area contributed by atoms with Gasteiger partial charge in [0.1, 0.15) is 17.2 Å². The van der Waals surface area contributed by atoms with Crippen molar-refractivity contribution in [2.24, 2.45) is 5.14 Å². The third-order valence-electron chi connectivity index (χ3n) is 3.88. The highest BCUT2D eigenvalue weighted by Crippen LogP contribution is 2.25. The second-order valence-corrected chi connectivity index (χ2v) is 7.52. The molecule has 1 amide bonds. The molecule has 0 aliphatic rings. The molecule has 0 aliphatic carbocycles. The van der Waals surface area contributed by atoms with Gasteiger partial charge in [-0.3, -0.25) is 4.79 Å². The van der Waals surface area contributed by atoms with E-state index >= 15 is 0 Å². The molecule has 148 valence electrons. The standard InChI is InChI=1S/C20H16N2O6S/c21-29(26,27)16-8-4-7-14(11-16)18-10-9-15(28-18)12-17(20(24)25)22-19(23)13-5-2-1-3-6-13/h1-12H,(H,22,23)(H,24,25)(H2,21,26,27). The van der Waals surface area contributed by atoms with Crippen molar-refractivity contribution in [2.45, 2.75) is 4.90 Å². The van der Waals surface area contributed by atoms with Gasteiger partial charge in [0.25, 0.3) is 5.91 Å². The number of benzene rings is 2. The number of carbonyl (C=O) groups excluding carboxylic acids is 1. The molecule has 4 N–H and O–H groups in total. The number of hydrogen-bond acceptors (Lipinski definition) is 5. The number of sulfonamides is 1. The second kappa shape index (κ2) is 8.13. The van der Waals surface area contributed by atoms with E-state index in [1.165, 1.54) is 24.3 Å². The number of hydrogen-bond donors (Lipinski definition) is 3. The van der Waals surface area contributed by atoms with Gasteiger partial charge < -0.3 is 14.8 Å². The Morgan fingerprint density at radius 2 is 1.72 bits per heavy atom. The van der Waals surface area contributed by atoms with E-state index in [0.29, 0.717) is 16.9 Å². The van der Waals surface area contributed by atoms with Crippen LogP contribution in [-0.4, -0.2) is 25.4 Å². The number of primary sulfonamides is 1. The van der Waals surface area contributed by atoms with Gasteiger partial charge in [-0.1, -0.05) is 30.3 Å². The molecule has 3 aromatic rings.